The van der Waals surface area contributed by atoms with Crippen LogP contribution in [0.3, 0.4) is 0 Å². The third-order valence-electron chi connectivity index (χ3n) is 4.26. The van der Waals surface area contributed by atoms with Crippen molar-refractivity contribution in [1.29, 1.82) is 0 Å². The lowest BCUT2D eigenvalue weighted by Gasteiger charge is -2.26. The first-order valence-electron chi connectivity index (χ1n) is 9.27. The van der Waals surface area contributed by atoms with Gasteiger partial charge in [0.2, 0.25) is 0 Å². The first kappa shape index (κ1) is 19.1. The van der Waals surface area contributed by atoms with Crippen LogP contribution in [0.1, 0.15) is 10.4 Å². The lowest BCUT2D eigenvalue weighted by Crippen LogP contribution is -2.39. The molecule has 0 radical (unpaired) electrons. The standard InChI is InChI=1S/C20H26N4O3/c25-20(23-9-13-27-18-4-2-1-3-5-18)17-6-7-21-19(16-17)22-8-10-24-11-14-26-15-12-24/h1-7,16H,8-15H2,(H,21,22)(H,23,25). The Morgan fingerprint density at radius 3 is 2.78 bits per heavy atom. The maximum Gasteiger partial charge on any atom is 0.251 e. The van der Waals surface area contributed by atoms with E-state index in [1.54, 1.807) is 18.3 Å². The molecule has 0 atom stereocenters. The maximum absolute atomic E-state index is 12.3. The van der Waals surface area contributed by atoms with Gasteiger partial charge in [0.1, 0.15) is 18.2 Å². The van der Waals surface area contributed by atoms with Crippen LogP contribution in [0, 0.1) is 0 Å². The van der Waals surface area contributed by atoms with Gasteiger partial charge in [-0.15, -0.1) is 0 Å². The van der Waals surface area contributed by atoms with Gasteiger partial charge in [-0.05, 0) is 24.3 Å². The highest BCUT2D eigenvalue weighted by Gasteiger charge is 2.10. The molecular weight excluding hydrogens is 344 g/mol. The smallest absolute Gasteiger partial charge is 0.251 e. The normalized spacial score (nSPS) is 14.5. The van der Waals surface area contributed by atoms with Gasteiger partial charge in [-0.1, -0.05) is 18.2 Å². The highest BCUT2D eigenvalue weighted by atomic mass is 16.5. The number of aromatic nitrogens is 1. The zero-order chi connectivity index (χ0) is 18.7. The van der Waals surface area contributed by atoms with Gasteiger partial charge in [-0.25, -0.2) is 4.98 Å². The van der Waals surface area contributed by atoms with Crippen LogP contribution in [0.15, 0.2) is 48.7 Å². The van der Waals surface area contributed by atoms with Gasteiger partial charge in [-0.2, -0.15) is 0 Å². The van der Waals surface area contributed by atoms with E-state index in [0.717, 1.165) is 45.1 Å². The molecule has 1 fully saturated rings. The van der Waals surface area contributed by atoms with Crippen molar-refractivity contribution < 1.29 is 14.3 Å². The second kappa shape index (κ2) is 10.5. The Bertz CT molecular complexity index is 705. The van der Waals surface area contributed by atoms with Crippen molar-refractivity contribution in [3.05, 3.63) is 54.2 Å². The number of rotatable bonds is 9. The molecule has 0 unspecified atom stereocenters. The summed E-state index contributed by atoms with van der Waals surface area (Å²) in [6.07, 6.45) is 1.65. The summed E-state index contributed by atoms with van der Waals surface area (Å²) < 4.78 is 10.9. The second-order valence-electron chi connectivity index (χ2n) is 6.23. The largest absolute Gasteiger partial charge is 0.492 e. The third-order valence-corrected chi connectivity index (χ3v) is 4.26. The van der Waals surface area contributed by atoms with Gasteiger partial charge >= 0.3 is 0 Å². The predicted molar refractivity (Wildman–Crippen MR) is 104 cm³/mol. The van der Waals surface area contributed by atoms with Crippen molar-refractivity contribution in [2.45, 2.75) is 0 Å². The number of amides is 1. The number of nitrogens with one attached hydrogen (secondary N) is 2. The average molecular weight is 370 g/mol. The first-order chi connectivity index (χ1) is 13.3. The summed E-state index contributed by atoms with van der Waals surface area (Å²) in [4.78, 5) is 18.9. The summed E-state index contributed by atoms with van der Waals surface area (Å²) >= 11 is 0. The van der Waals surface area contributed by atoms with Gasteiger partial charge in [0.25, 0.3) is 5.91 Å². The quantitative estimate of drug-likeness (QED) is 0.654. The summed E-state index contributed by atoms with van der Waals surface area (Å²) in [6.45, 7) is 6.08. The van der Waals surface area contributed by atoms with Crippen molar-refractivity contribution in [1.82, 2.24) is 15.2 Å². The van der Waals surface area contributed by atoms with Crippen molar-refractivity contribution in [2.75, 3.05) is 57.9 Å². The fourth-order valence-electron chi connectivity index (χ4n) is 2.79. The van der Waals surface area contributed by atoms with Crippen LogP contribution in [-0.4, -0.2) is 68.3 Å². The monoisotopic (exact) mass is 370 g/mol. The summed E-state index contributed by atoms with van der Waals surface area (Å²) in [5, 5.41) is 6.14. The van der Waals surface area contributed by atoms with Crippen LogP contribution in [-0.2, 0) is 4.74 Å². The van der Waals surface area contributed by atoms with E-state index in [1.165, 1.54) is 0 Å². The minimum absolute atomic E-state index is 0.134. The number of nitrogens with zero attached hydrogens (tertiary/aromatic N) is 2. The third kappa shape index (κ3) is 6.54. The molecule has 1 saturated heterocycles. The van der Waals surface area contributed by atoms with Crippen LogP contribution >= 0.6 is 0 Å². The number of carbonyl (C=O) groups excluding carboxylic acids is 1. The maximum atomic E-state index is 12.3. The molecule has 7 nitrogen and oxygen atoms in total. The highest BCUT2D eigenvalue weighted by molar-refractivity contribution is 5.94. The molecule has 1 aromatic heterocycles. The van der Waals surface area contributed by atoms with E-state index in [4.69, 9.17) is 9.47 Å². The molecule has 2 heterocycles. The summed E-state index contributed by atoms with van der Waals surface area (Å²) in [6, 6.07) is 13.0. The molecule has 1 amide bonds. The van der Waals surface area contributed by atoms with Gasteiger partial charge in [-0.3, -0.25) is 9.69 Å². The number of benzene rings is 1. The van der Waals surface area contributed by atoms with Gasteiger partial charge < -0.3 is 20.1 Å². The molecule has 0 saturated carbocycles. The van der Waals surface area contributed by atoms with Crippen molar-refractivity contribution >= 4 is 11.7 Å². The molecular formula is C20H26N4O3. The molecule has 0 bridgehead atoms. The van der Waals surface area contributed by atoms with E-state index >= 15 is 0 Å². The van der Waals surface area contributed by atoms with Crippen LogP contribution < -0.4 is 15.4 Å². The molecule has 1 aliphatic heterocycles. The highest BCUT2D eigenvalue weighted by Crippen LogP contribution is 2.08. The van der Waals surface area contributed by atoms with Crippen LogP contribution in [0.5, 0.6) is 5.75 Å². The van der Waals surface area contributed by atoms with Gasteiger partial charge in [0.15, 0.2) is 0 Å². The first-order valence-corrected chi connectivity index (χ1v) is 9.27. The summed E-state index contributed by atoms with van der Waals surface area (Å²) in [5.74, 6) is 1.36. The SMILES string of the molecule is O=C(NCCOc1ccccc1)c1ccnc(NCCN2CCOCC2)c1. The Hall–Kier alpha value is -2.64. The van der Waals surface area contributed by atoms with Crippen molar-refractivity contribution in [2.24, 2.45) is 0 Å². The van der Waals surface area contributed by atoms with Crippen LogP contribution in [0.2, 0.25) is 0 Å². The molecule has 0 spiro atoms. The fourth-order valence-corrected chi connectivity index (χ4v) is 2.79. The van der Waals surface area contributed by atoms with Gasteiger partial charge in [0.05, 0.1) is 19.8 Å². The Morgan fingerprint density at radius 1 is 1.15 bits per heavy atom. The topological polar surface area (TPSA) is 75.7 Å². The number of anilines is 1. The van der Waals surface area contributed by atoms with Crippen LogP contribution in [0.25, 0.3) is 0 Å². The number of hydrogen-bond donors (Lipinski definition) is 2. The van der Waals surface area contributed by atoms with E-state index in [0.29, 0.717) is 24.5 Å². The number of carbonyl (C=O) groups is 1. The Labute approximate surface area is 159 Å². The van der Waals surface area contributed by atoms with Crippen molar-refractivity contribution in [3.63, 3.8) is 0 Å². The van der Waals surface area contributed by atoms with Crippen molar-refractivity contribution in [3.8, 4) is 5.75 Å². The Morgan fingerprint density at radius 2 is 1.96 bits per heavy atom. The van der Waals surface area contributed by atoms with E-state index in [2.05, 4.69) is 20.5 Å². The van der Waals surface area contributed by atoms with Gasteiger partial charge in [0, 0.05) is 37.9 Å². The number of para-hydroxylation sites is 1. The zero-order valence-corrected chi connectivity index (χ0v) is 15.4. The van der Waals surface area contributed by atoms with Crippen LogP contribution in [0.4, 0.5) is 5.82 Å². The van der Waals surface area contributed by atoms with E-state index < -0.39 is 0 Å². The second-order valence-corrected chi connectivity index (χ2v) is 6.23. The van der Waals surface area contributed by atoms with E-state index in [-0.39, 0.29) is 5.91 Å². The summed E-state index contributed by atoms with van der Waals surface area (Å²) in [5.41, 5.74) is 0.582. The molecule has 27 heavy (non-hydrogen) atoms. The minimum Gasteiger partial charge on any atom is -0.492 e. The minimum atomic E-state index is -0.134. The molecule has 1 aliphatic rings. The summed E-state index contributed by atoms with van der Waals surface area (Å²) in [7, 11) is 0. The Balaban J connectivity index is 1.38. The lowest BCUT2D eigenvalue weighted by atomic mass is 10.2. The number of morpholine rings is 1. The lowest BCUT2D eigenvalue weighted by molar-refractivity contribution is 0.0398. The molecule has 1 aromatic carbocycles. The molecule has 2 aromatic rings. The molecule has 7 heteroatoms. The average Bonchev–Trinajstić information content (AvgIpc) is 2.73. The molecule has 144 valence electrons. The Kier molecular flexibility index (Phi) is 7.44. The van der Waals surface area contributed by atoms with E-state index in [9.17, 15) is 4.79 Å². The number of ether oxygens (including phenoxy) is 2. The number of hydrogen-bond acceptors (Lipinski definition) is 6. The number of pyridine rings is 1. The zero-order valence-electron chi connectivity index (χ0n) is 15.4. The molecule has 2 N–H and O–H groups in total. The predicted octanol–water partition coefficient (Wildman–Crippen LogP) is 1.63. The van der Waals surface area contributed by atoms with E-state index in [1.807, 2.05) is 30.3 Å². The molecule has 3 rings (SSSR count). The molecule has 0 aliphatic carbocycles. The fraction of sp³-hybridized carbons (Fsp3) is 0.400.